The fourth-order valence-electron chi connectivity index (χ4n) is 1.98. The summed E-state index contributed by atoms with van der Waals surface area (Å²) in [5.74, 6) is -1.13. The van der Waals surface area contributed by atoms with Crippen LogP contribution in [0.2, 0.25) is 0 Å². The summed E-state index contributed by atoms with van der Waals surface area (Å²) in [5.41, 5.74) is 0.0352. The molecule has 1 N–H and O–H groups in total. The van der Waals surface area contributed by atoms with Crippen molar-refractivity contribution in [3.05, 3.63) is 44.6 Å². The lowest BCUT2D eigenvalue weighted by atomic mass is 10.1. The molecule has 1 heterocycles. The fraction of sp³-hybridized carbons (Fsp3) is 0.250. The van der Waals surface area contributed by atoms with Gasteiger partial charge in [-0.2, -0.15) is 0 Å². The zero-order valence-corrected chi connectivity index (χ0v) is 10.0. The van der Waals surface area contributed by atoms with Crippen LogP contribution in [0.15, 0.2) is 27.8 Å². The van der Waals surface area contributed by atoms with E-state index in [9.17, 15) is 14.4 Å². The van der Waals surface area contributed by atoms with Crippen LogP contribution in [0.25, 0.3) is 10.9 Å². The van der Waals surface area contributed by atoms with Crippen molar-refractivity contribution in [1.82, 2.24) is 9.13 Å². The number of aliphatic carboxylic acids is 1. The second kappa shape index (κ2) is 4.14. The third-order valence-electron chi connectivity index (χ3n) is 2.87. The number of aromatic nitrogens is 2. The molecule has 0 atom stereocenters. The topological polar surface area (TPSA) is 81.3 Å². The second-order valence-corrected chi connectivity index (χ2v) is 4.10. The molecule has 0 fully saturated rings. The van der Waals surface area contributed by atoms with Crippen LogP contribution in [0, 0.1) is 6.92 Å². The van der Waals surface area contributed by atoms with Gasteiger partial charge in [-0.1, -0.05) is 12.1 Å². The molecule has 0 saturated carbocycles. The molecule has 2 rings (SSSR count). The number of carboxylic acid groups (broad SMARTS) is 1. The standard InChI is InChI=1S/C12H12N2O4/c1-7-4-3-5-8-10(7)11(17)13(2)12(18)14(8)6-9(15)16/h3-5H,6H2,1-2H3,(H,15,16). The molecule has 6 heteroatoms. The summed E-state index contributed by atoms with van der Waals surface area (Å²) >= 11 is 0. The zero-order valence-electron chi connectivity index (χ0n) is 10.0. The van der Waals surface area contributed by atoms with Crippen molar-refractivity contribution >= 4 is 16.9 Å². The predicted molar refractivity (Wildman–Crippen MR) is 65.8 cm³/mol. The number of carbonyl (C=O) groups is 1. The van der Waals surface area contributed by atoms with Crippen molar-refractivity contribution in [2.24, 2.45) is 7.05 Å². The number of rotatable bonds is 2. The van der Waals surface area contributed by atoms with Gasteiger partial charge >= 0.3 is 11.7 Å². The van der Waals surface area contributed by atoms with Gasteiger partial charge in [-0.25, -0.2) is 4.79 Å². The summed E-state index contributed by atoms with van der Waals surface area (Å²) in [4.78, 5) is 34.7. The molecule has 0 aliphatic heterocycles. The van der Waals surface area contributed by atoms with E-state index >= 15 is 0 Å². The van der Waals surface area contributed by atoms with Crippen LogP contribution in [0.3, 0.4) is 0 Å². The van der Waals surface area contributed by atoms with Crippen molar-refractivity contribution in [3.8, 4) is 0 Å². The van der Waals surface area contributed by atoms with Crippen molar-refractivity contribution in [2.75, 3.05) is 0 Å². The minimum atomic E-state index is -1.13. The van der Waals surface area contributed by atoms with E-state index in [1.165, 1.54) is 7.05 Å². The molecule has 0 unspecified atom stereocenters. The third-order valence-corrected chi connectivity index (χ3v) is 2.87. The van der Waals surface area contributed by atoms with Crippen molar-refractivity contribution in [3.63, 3.8) is 0 Å². The van der Waals surface area contributed by atoms with E-state index in [0.29, 0.717) is 16.5 Å². The monoisotopic (exact) mass is 248 g/mol. The van der Waals surface area contributed by atoms with E-state index < -0.39 is 23.8 Å². The van der Waals surface area contributed by atoms with Crippen LogP contribution in [0.5, 0.6) is 0 Å². The van der Waals surface area contributed by atoms with Crippen LogP contribution in [-0.4, -0.2) is 20.2 Å². The van der Waals surface area contributed by atoms with E-state index in [2.05, 4.69) is 0 Å². The van der Waals surface area contributed by atoms with Crippen LogP contribution >= 0.6 is 0 Å². The first kappa shape index (κ1) is 12.1. The van der Waals surface area contributed by atoms with E-state index in [4.69, 9.17) is 5.11 Å². The number of carboxylic acids is 1. The second-order valence-electron chi connectivity index (χ2n) is 4.10. The first-order valence-corrected chi connectivity index (χ1v) is 5.34. The Morgan fingerprint density at radius 2 is 2.00 bits per heavy atom. The molecular formula is C12H12N2O4. The molecule has 6 nitrogen and oxygen atoms in total. The molecule has 0 amide bonds. The number of hydrogen-bond donors (Lipinski definition) is 1. The highest BCUT2D eigenvalue weighted by atomic mass is 16.4. The zero-order chi connectivity index (χ0) is 13.4. The van der Waals surface area contributed by atoms with Gasteiger partial charge < -0.3 is 5.11 Å². The SMILES string of the molecule is Cc1cccc2c1c(=O)n(C)c(=O)n2CC(=O)O. The van der Waals surface area contributed by atoms with Gasteiger partial charge in [0.05, 0.1) is 10.9 Å². The van der Waals surface area contributed by atoms with Gasteiger partial charge in [0.2, 0.25) is 0 Å². The molecule has 0 saturated heterocycles. The lowest BCUT2D eigenvalue weighted by Gasteiger charge is -2.11. The summed E-state index contributed by atoms with van der Waals surface area (Å²) in [7, 11) is 1.34. The van der Waals surface area contributed by atoms with Crippen LogP contribution < -0.4 is 11.2 Å². The van der Waals surface area contributed by atoms with Crippen LogP contribution in [0.1, 0.15) is 5.56 Å². The Morgan fingerprint density at radius 1 is 1.33 bits per heavy atom. The minimum Gasteiger partial charge on any atom is -0.480 e. The molecule has 2 aromatic rings. The maximum absolute atomic E-state index is 12.0. The van der Waals surface area contributed by atoms with Gasteiger partial charge in [-0.3, -0.25) is 18.7 Å². The Labute approximate surface area is 102 Å². The van der Waals surface area contributed by atoms with Crippen LogP contribution in [0.4, 0.5) is 0 Å². The normalized spacial score (nSPS) is 10.8. The van der Waals surface area contributed by atoms with E-state index in [0.717, 1.165) is 9.13 Å². The third kappa shape index (κ3) is 1.71. The van der Waals surface area contributed by atoms with Gasteiger partial charge in [0, 0.05) is 7.05 Å². The van der Waals surface area contributed by atoms with Crippen LogP contribution in [-0.2, 0) is 18.4 Å². The number of benzene rings is 1. The molecule has 0 aliphatic rings. The quantitative estimate of drug-likeness (QED) is 0.816. The van der Waals surface area contributed by atoms with Crippen molar-refractivity contribution in [2.45, 2.75) is 13.5 Å². The van der Waals surface area contributed by atoms with Crippen molar-refractivity contribution in [1.29, 1.82) is 0 Å². The Balaban J connectivity index is 3.02. The minimum absolute atomic E-state index is 0.352. The summed E-state index contributed by atoms with van der Waals surface area (Å²) in [6.07, 6.45) is 0. The highest BCUT2D eigenvalue weighted by Gasteiger charge is 2.13. The number of hydrogen-bond acceptors (Lipinski definition) is 3. The highest BCUT2D eigenvalue weighted by molar-refractivity contribution is 5.82. The Hall–Kier alpha value is -2.37. The molecule has 0 radical (unpaired) electrons. The van der Waals surface area contributed by atoms with E-state index in [1.807, 2.05) is 0 Å². The molecular weight excluding hydrogens is 236 g/mol. The predicted octanol–water partition coefficient (Wildman–Crippen LogP) is 0.0932. The molecule has 94 valence electrons. The average molecular weight is 248 g/mol. The maximum atomic E-state index is 12.0. The van der Waals surface area contributed by atoms with Gasteiger partial charge in [0.1, 0.15) is 6.54 Å². The van der Waals surface area contributed by atoms with Gasteiger partial charge in [0.25, 0.3) is 5.56 Å². The molecule has 0 bridgehead atoms. The average Bonchev–Trinajstić information content (AvgIpc) is 2.31. The lowest BCUT2D eigenvalue weighted by Crippen LogP contribution is -2.39. The van der Waals surface area contributed by atoms with E-state index in [1.54, 1.807) is 25.1 Å². The fourth-order valence-corrected chi connectivity index (χ4v) is 1.98. The maximum Gasteiger partial charge on any atom is 0.331 e. The summed E-state index contributed by atoms with van der Waals surface area (Å²) in [5, 5.41) is 9.21. The largest absolute Gasteiger partial charge is 0.480 e. The highest BCUT2D eigenvalue weighted by Crippen LogP contribution is 2.12. The Morgan fingerprint density at radius 3 is 2.61 bits per heavy atom. The summed E-state index contributed by atoms with van der Waals surface area (Å²) in [6, 6.07) is 5.02. The number of nitrogens with zero attached hydrogens (tertiary/aromatic N) is 2. The van der Waals surface area contributed by atoms with E-state index in [-0.39, 0.29) is 0 Å². The smallest absolute Gasteiger partial charge is 0.331 e. The summed E-state index contributed by atoms with van der Waals surface area (Å²) in [6.45, 7) is 1.28. The van der Waals surface area contributed by atoms with Gasteiger partial charge in [-0.05, 0) is 18.6 Å². The van der Waals surface area contributed by atoms with Gasteiger partial charge in [-0.15, -0.1) is 0 Å². The first-order valence-electron chi connectivity index (χ1n) is 5.34. The Bertz CT molecular complexity index is 755. The molecule has 1 aromatic carbocycles. The Kier molecular flexibility index (Phi) is 2.78. The molecule has 18 heavy (non-hydrogen) atoms. The van der Waals surface area contributed by atoms with Crippen molar-refractivity contribution < 1.29 is 9.90 Å². The van der Waals surface area contributed by atoms with Gasteiger partial charge in [0.15, 0.2) is 0 Å². The summed E-state index contributed by atoms with van der Waals surface area (Å²) < 4.78 is 2.02. The molecule has 0 spiro atoms. The number of fused-ring (bicyclic) bond motifs is 1. The lowest BCUT2D eigenvalue weighted by molar-refractivity contribution is -0.137. The first-order chi connectivity index (χ1) is 8.43. The number of aryl methyl sites for hydroxylation is 1. The molecule has 0 aliphatic carbocycles. The molecule has 1 aromatic heterocycles.